The predicted molar refractivity (Wildman–Crippen MR) is 101 cm³/mol. The van der Waals surface area contributed by atoms with Crippen molar-refractivity contribution >= 4 is 28.8 Å². The molecule has 0 radical (unpaired) electrons. The maximum Gasteiger partial charge on any atom is 0.294 e. The van der Waals surface area contributed by atoms with E-state index in [9.17, 15) is 4.79 Å². The van der Waals surface area contributed by atoms with E-state index in [2.05, 4.69) is 40.8 Å². The quantitative estimate of drug-likeness (QED) is 0.381. The number of hydrogen-bond acceptors (Lipinski definition) is 10. The Bertz CT molecular complexity index is 1130. The molecule has 0 saturated heterocycles. The zero-order valence-electron chi connectivity index (χ0n) is 14.5. The van der Waals surface area contributed by atoms with Crippen LogP contribution in [-0.2, 0) is 0 Å². The Morgan fingerprint density at radius 1 is 1.29 bits per heavy atom. The van der Waals surface area contributed by atoms with Crippen molar-refractivity contribution in [1.82, 2.24) is 35.7 Å². The van der Waals surface area contributed by atoms with Crippen LogP contribution in [0.2, 0.25) is 0 Å². The lowest BCUT2D eigenvalue weighted by Gasteiger charge is -2.04. The van der Waals surface area contributed by atoms with Crippen molar-refractivity contribution in [3.05, 3.63) is 53.3 Å². The molecule has 0 unspecified atom stereocenters. The van der Waals surface area contributed by atoms with E-state index < -0.39 is 5.91 Å². The molecule has 3 N–H and O–H groups in total. The number of pyridine rings is 1. The molecule has 4 heterocycles. The van der Waals surface area contributed by atoms with Gasteiger partial charge in [-0.2, -0.15) is 9.78 Å². The van der Waals surface area contributed by atoms with Gasteiger partial charge >= 0.3 is 0 Å². The molecule has 4 rings (SSSR count). The van der Waals surface area contributed by atoms with Gasteiger partial charge in [-0.3, -0.25) is 9.78 Å². The molecule has 4 aromatic heterocycles. The fourth-order valence-electron chi connectivity index (χ4n) is 2.40. The summed E-state index contributed by atoms with van der Waals surface area (Å²) in [4.78, 5) is 17.4. The number of hydrogen-bond donors (Lipinski definition) is 2. The smallest absolute Gasteiger partial charge is 0.294 e. The maximum atomic E-state index is 12.7. The highest BCUT2D eigenvalue weighted by Crippen LogP contribution is 2.29. The van der Waals surface area contributed by atoms with Gasteiger partial charge in [0.1, 0.15) is 5.69 Å². The molecule has 140 valence electrons. The lowest BCUT2D eigenvalue weighted by Crippen LogP contribution is -2.20. The number of nitrogens with zero attached hydrogens (tertiary/aromatic N) is 7. The first-order valence-corrected chi connectivity index (χ1v) is 8.86. The van der Waals surface area contributed by atoms with Gasteiger partial charge in [-0.25, -0.2) is 10.1 Å². The summed E-state index contributed by atoms with van der Waals surface area (Å²) in [6.07, 6.45) is 3.29. The first kappa shape index (κ1) is 17.5. The summed E-state index contributed by atoms with van der Waals surface area (Å²) >= 11 is 1.41. The van der Waals surface area contributed by atoms with E-state index in [1.54, 1.807) is 31.5 Å². The van der Waals surface area contributed by atoms with E-state index in [0.29, 0.717) is 11.4 Å². The Balaban J connectivity index is 1.69. The number of rotatable bonds is 5. The Morgan fingerprint density at radius 2 is 2.11 bits per heavy atom. The van der Waals surface area contributed by atoms with Crippen LogP contribution in [0.3, 0.4) is 0 Å². The van der Waals surface area contributed by atoms with Gasteiger partial charge in [0, 0.05) is 18.0 Å². The summed E-state index contributed by atoms with van der Waals surface area (Å²) in [7, 11) is 0. The van der Waals surface area contributed by atoms with Crippen LogP contribution >= 0.6 is 11.3 Å². The third-order valence-corrected chi connectivity index (χ3v) is 4.64. The van der Waals surface area contributed by atoms with Crippen molar-refractivity contribution < 1.29 is 9.42 Å². The number of carbonyl (C=O) groups excluding carboxylic acids is 1. The van der Waals surface area contributed by atoms with Crippen LogP contribution in [0, 0.1) is 0 Å². The molecule has 11 nitrogen and oxygen atoms in total. The minimum Gasteiger partial charge on any atom is -0.378 e. The molecule has 0 bridgehead atoms. The molecule has 0 aliphatic rings. The number of anilines is 1. The molecule has 0 atom stereocenters. The lowest BCUT2D eigenvalue weighted by atomic mass is 10.2. The molecule has 0 aliphatic heterocycles. The van der Waals surface area contributed by atoms with E-state index >= 15 is 0 Å². The lowest BCUT2D eigenvalue weighted by molar-refractivity contribution is 0.0950. The van der Waals surface area contributed by atoms with Gasteiger partial charge in [-0.05, 0) is 40.8 Å². The number of nitrogens with one attached hydrogen (secondary N) is 1. The van der Waals surface area contributed by atoms with E-state index in [1.807, 2.05) is 17.5 Å². The van der Waals surface area contributed by atoms with E-state index in [4.69, 9.17) is 5.73 Å². The highest BCUT2D eigenvalue weighted by molar-refractivity contribution is 7.13. The summed E-state index contributed by atoms with van der Waals surface area (Å²) in [5.74, 6) is -0.356. The molecule has 0 fully saturated rings. The molecule has 0 aliphatic carbocycles. The molecule has 0 saturated carbocycles. The zero-order valence-corrected chi connectivity index (χ0v) is 15.3. The van der Waals surface area contributed by atoms with Gasteiger partial charge in [-0.15, -0.1) is 16.4 Å². The summed E-state index contributed by atoms with van der Waals surface area (Å²) < 4.78 is 5.94. The van der Waals surface area contributed by atoms with Crippen molar-refractivity contribution in [2.45, 2.75) is 6.92 Å². The Morgan fingerprint density at radius 3 is 2.79 bits per heavy atom. The van der Waals surface area contributed by atoms with Crippen LogP contribution in [-0.4, -0.2) is 41.9 Å². The highest BCUT2D eigenvalue weighted by Gasteiger charge is 2.25. The maximum absolute atomic E-state index is 12.7. The van der Waals surface area contributed by atoms with Gasteiger partial charge in [0.25, 0.3) is 5.91 Å². The minimum absolute atomic E-state index is 0.0289. The Kier molecular flexibility index (Phi) is 4.60. The van der Waals surface area contributed by atoms with Crippen LogP contribution in [0.1, 0.15) is 23.0 Å². The second-order valence-corrected chi connectivity index (χ2v) is 6.47. The molecule has 1 amide bonds. The number of nitrogen functional groups attached to an aromatic ring is 1. The number of amides is 1. The van der Waals surface area contributed by atoms with E-state index in [1.165, 1.54) is 16.0 Å². The summed E-state index contributed by atoms with van der Waals surface area (Å²) in [5, 5.41) is 21.2. The first-order chi connectivity index (χ1) is 13.6. The zero-order chi connectivity index (χ0) is 19.5. The van der Waals surface area contributed by atoms with Gasteiger partial charge in [0.05, 0.1) is 10.6 Å². The predicted octanol–water partition coefficient (Wildman–Crippen LogP) is 1.51. The summed E-state index contributed by atoms with van der Waals surface area (Å²) in [6, 6.07) is 7.25. The van der Waals surface area contributed by atoms with Crippen molar-refractivity contribution in [2.24, 2.45) is 5.10 Å². The SMILES string of the molecule is C/C(=N/NC(=O)c1nnn(-c2nonc2N)c1-c1cccs1)c1ccncc1. The molecule has 0 spiro atoms. The standard InChI is InChI=1S/C16H13N9O2S/c1-9(10-4-6-18-7-5-10)19-21-16(26)12-13(11-3-2-8-28-11)25(24-20-12)15-14(17)22-27-23-15/h2-8H,1H3,(H2,17,22)(H,21,26)/b19-9-. The van der Waals surface area contributed by atoms with Gasteiger partial charge < -0.3 is 5.73 Å². The monoisotopic (exact) mass is 395 g/mol. The molecule has 12 heteroatoms. The average Bonchev–Trinajstić information content (AvgIpc) is 3.46. The number of thiophene rings is 1. The van der Waals surface area contributed by atoms with Crippen molar-refractivity contribution in [3.63, 3.8) is 0 Å². The Labute approximate surface area is 161 Å². The second-order valence-electron chi connectivity index (χ2n) is 5.52. The molecular weight excluding hydrogens is 382 g/mol. The normalized spacial score (nSPS) is 11.5. The average molecular weight is 395 g/mol. The number of hydrazone groups is 1. The van der Waals surface area contributed by atoms with Crippen LogP contribution in [0.25, 0.3) is 16.4 Å². The fourth-order valence-corrected chi connectivity index (χ4v) is 3.16. The van der Waals surface area contributed by atoms with E-state index in [0.717, 1.165) is 10.4 Å². The summed E-state index contributed by atoms with van der Waals surface area (Å²) in [5.41, 5.74) is 10.2. The third kappa shape index (κ3) is 3.23. The topological polar surface area (TPSA) is 150 Å². The van der Waals surface area contributed by atoms with Crippen molar-refractivity contribution in [1.29, 1.82) is 0 Å². The van der Waals surface area contributed by atoms with E-state index in [-0.39, 0.29) is 17.3 Å². The summed E-state index contributed by atoms with van der Waals surface area (Å²) in [6.45, 7) is 1.77. The highest BCUT2D eigenvalue weighted by atomic mass is 32.1. The minimum atomic E-state index is -0.530. The van der Waals surface area contributed by atoms with Crippen molar-refractivity contribution in [3.8, 4) is 16.4 Å². The van der Waals surface area contributed by atoms with Gasteiger partial charge in [0.15, 0.2) is 5.69 Å². The molecule has 0 aromatic carbocycles. The van der Waals surface area contributed by atoms with Crippen LogP contribution in [0.15, 0.2) is 51.8 Å². The largest absolute Gasteiger partial charge is 0.378 e. The number of carbonyl (C=O) groups is 1. The number of aromatic nitrogens is 6. The third-order valence-electron chi connectivity index (χ3n) is 3.76. The Hall–Kier alpha value is -3.93. The number of nitrogens with two attached hydrogens (primary N) is 1. The fraction of sp³-hybridized carbons (Fsp3) is 0.0625. The molecule has 4 aromatic rings. The molecule has 28 heavy (non-hydrogen) atoms. The molecular formula is C16H13N9O2S. The van der Waals surface area contributed by atoms with Gasteiger partial charge in [0.2, 0.25) is 11.6 Å². The van der Waals surface area contributed by atoms with Crippen LogP contribution in [0.5, 0.6) is 0 Å². The van der Waals surface area contributed by atoms with Crippen LogP contribution < -0.4 is 11.2 Å². The van der Waals surface area contributed by atoms with Crippen LogP contribution in [0.4, 0.5) is 5.82 Å². The second kappa shape index (κ2) is 7.36. The van der Waals surface area contributed by atoms with Gasteiger partial charge in [-0.1, -0.05) is 11.3 Å². The first-order valence-electron chi connectivity index (χ1n) is 7.98. The van der Waals surface area contributed by atoms with Crippen molar-refractivity contribution in [2.75, 3.05) is 5.73 Å².